The van der Waals surface area contributed by atoms with E-state index in [1.54, 1.807) is 12.3 Å². The maximum Gasteiger partial charge on any atom is 0.292 e. The van der Waals surface area contributed by atoms with Gasteiger partial charge in [-0.15, -0.1) is 0 Å². The summed E-state index contributed by atoms with van der Waals surface area (Å²) in [5.41, 5.74) is 3.26. The zero-order valence-corrected chi connectivity index (χ0v) is 20.3. The van der Waals surface area contributed by atoms with E-state index >= 15 is 0 Å². The number of anilines is 1. The van der Waals surface area contributed by atoms with Crippen molar-refractivity contribution in [2.75, 3.05) is 19.0 Å². The first-order valence-corrected chi connectivity index (χ1v) is 11.5. The minimum Gasteiger partial charge on any atom is -0.471 e. The van der Waals surface area contributed by atoms with Gasteiger partial charge in [0.2, 0.25) is 0 Å². The fourth-order valence-corrected chi connectivity index (χ4v) is 3.58. The van der Waals surface area contributed by atoms with Gasteiger partial charge in [0.1, 0.15) is 11.9 Å². The number of aliphatic imine (C=N–C) groups is 3. The van der Waals surface area contributed by atoms with Crippen LogP contribution in [-0.4, -0.2) is 55.1 Å². The number of allylic oxidation sites excluding steroid dienone is 3. The van der Waals surface area contributed by atoms with Gasteiger partial charge in [-0.05, 0) is 56.4 Å². The normalized spacial score (nSPS) is 20.0. The number of carbonyl (C=O) groups is 1. The predicted octanol–water partition coefficient (Wildman–Crippen LogP) is 4.84. The molecule has 3 rings (SSSR count). The van der Waals surface area contributed by atoms with Crippen LogP contribution in [0.15, 0.2) is 57.6 Å². The number of carbonyl (C=O) groups excluding carboxylic acids is 1. The number of benzodiazepines with no additional fused rings is 1. The number of nitrogens with one attached hydrogen (secondary N) is 1. The molecular formula is C25H33ClN4O3. The van der Waals surface area contributed by atoms with Crippen molar-refractivity contribution in [1.82, 2.24) is 0 Å². The smallest absolute Gasteiger partial charge is 0.292 e. The third-order valence-electron chi connectivity index (χ3n) is 5.16. The van der Waals surface area contributed by atoms with Crippen molar-refractivity contribution < 1.29 is 14.6 Å². The van der Waals surface area contributed by atoms with Crippen molar-refractivity contribution in [1.29, 1.82) is 0 Å². The number of hydrogen-bond donors (Lipinski definition) is 2. The first-order valence-electron chi connectivity index (χ1n) is 11.1. The molecule has 1 heterocycles. The second-order valence-electron chi connectivity index (χ2n) is 7.73. The number of nitrogens with zero attached hydrogens (tertiary/aromatic N) is 3. The van der Waals surface area contributed by atoms with Crippen LogP contribution in [0.25, 0.3) is 0 Å². The van der Waals surface area contributed by atoms with Crippen molar-refractivity contribution in [3.63, 3.8) is 0 Å². The molecule has 1 saturated carbocycles. The van der Waals surface area contributed by atoms with E-state index in [2.05, 4.69) is 28.5 Å². The largest absolute Gasteiger partial charge is 0.471 e. The zero-order valence-electron chi connectivity index (χ0n) is 19.5. The SMILES string of the molecule is C=C/C=C(\N=CC)C1=N[C@@H](CCC)C(=NCC(O)C2CC2)Nc2ccc(Cl)cc21.COC=O. The minimum atomic E-state index is -0.385. The van der Waals surface area contributed by atoms with E-state index in [1.807, 2.05) is 31.2 Å². The topological polar surface area (TPSA) is 95.6 Å². The fraction of sp³-hybridized carbons (Fsp3) is 0.440. The molecule has 2 N–H and O–H groups in total. The molecule has 1 aromatic rings. The summed E-state index contributed by atoms with van der Waals surface area (Å²) in [5, 5.41) is 14.4. The summed E-state index contributed by atoms with van der Waals surface area (Å²) in [7, 11) is 1.31. The lowest BCUT2D eigenvalue weighted by molar-refractivity contribution is -0.126. The number of amidine groups is 1. The number of ether oxygens (including phenoxy) is 1. The lowest BCUT2D eigenvalue weighted by atomic mass is 10.0. The molecule has 1 aliphatic carbocycles. The Morgan fingerprint density at radius 3 is 2.76 bits per heavy atom. The number of hydrogen-bond acceptors (Lipinski definition) is 6. The molecule has 0 radical (unpaired) electrons. The van der Waals surface area contributed by atoms with Crippen molar-refractivity contribution in [3.05, 3.63) is 53.2 Å². The van der Waals surface area contributed by atoms with E-state index in [-0.39, 0.29) is 12.1 Å². The molecule has 1 fully saturated rings. The summed E-state index contributed by atoms with van der Waals surface area (Å²) in [4.78, 5) is 23.3. The first kappa shape index (κ1) is 26.5. The molecule has 0 saturated heterocycles. The lowest BCUT2D eigenvalue weighted by Crippen LogP contribution is -2.28. The molecule has 2 aliphatic rings. The summed E-state index contributed by atoms with van der Waals surface area (Å²) in [6, 6.07) is 5.54. The highest BCUT2D eigenvalue weighted by molar-refractivity contribution is 6.32. The van der Waals surface area contributed by atoms with Gasteiger partial charge < -0.3 is 15.2 Å². The maximum absolute atomic E-state index is 10.3. The summed E-state index contributed by atoms with van der Waals surface area (Å²) >= 11 is 6.31. The number of benzene rings is 1. The van der Waals surface area contributed by atoms with Gasteiger partial charge in [0.05, 0.1) is 31.2 Å². The third kappa shape index (κ3) is 7.94. The van der Waals surface area contributed by atoms with Gasteiger partial charge in [-0.25, -0.2) is 0 Å². The fourth-order valence-electron chi connectivity index (χ4n) is 3.41. The number of methoxy groups -OCH3 is 1. The van der Waals surface area contributed by atoms with Crippen LogP contribution in [-0.2, 0) is 9.53 Å². The zero-order chi connectivity index (χ0) is 24.2. The van der Waals surface area contributed by atoms with E-state index < -0.39 is 0 Å². The first-order chi connectivity index (χ1) is 16.0. The van der Waals surface area contributed by atoms with Gasteiger partial charge >= 0.3 is 0 Å². The van der Waals surface area contributed by atoms with Gasteiger partial charge in [0, 0.05) is 22.5 Å². The van der Waals surface area contributed by atoms with Gasteiger partial charge in [-0.1, -0.05) is 37.6 Å². The quantitative estimate of drug-likeness (QED) is 0.305. The number of fused-ring (bicyclic) bond motifs is 1. The molecule has 0 aromatic heterocycles. The number of aliphatic hydroxyl groups is 1. The van der Waals surface area contributed by atoms with E-state index in [9.17, 15) is 5.11 Å². The van der Waals surface area contributed by atoms with Crippen LogP contribution < -0.4 is 5.32 Å². The number of rotatable bonds is 9. The Balaban J connectivity index is 0.000000890. The molecule has 7 nitrogen and oxygen atoms in total. The minimum absolute atomic E-state index is 0.146. The van der Waals surface area contributed by atoms with Crippen molar-refractivity contribution in [2.24, 2.45) is 20.9 Å². The van der Waals surface area contributed by atoms with Crippen molar-refractivity contribution in [2.45, 2.75) is 51.7 Å². The van der Waals surface area contributed by atoms with Crippen LogP contribution in [0.4, 0.5) is 5.69 Å². The van der Waals surface area contributed by atoms with E-state index in [4.69, 9.17) is 26.4 Å². The van der Waals surface area contributed by atoms with E-state index in [0.29, 0.717) is 24.0 Å². The standard InChI is InChI=1S/C23H29ClN4O.C2H4O2/c1-4-7-19(25-6-3)22-17-13-16(24)11-12-18(17)28-23(20(27-22)8-5-2)26-14-21(29)15-9-10-15;1-4-2-3/h4,6-7,11-13,15,20-21,29H,1,5,8-10,14H2,2-3H3,(H,26,28);2H,1H3/b19-7-,25-6?;/t20-,21?;/m0./s1. The molecule has 1 unspecified atom stereocenters. The third-order valence-corrected chi connectivity index (χ3v) is 5.39. The summed E-state index contributed by atoms with van der Waals surface area (Å²) in [6.07, 6.45) is 8.91. The van der Waals surface area contributed by atoms with Crippen molar-refractivity contribution in [3.8, 4) is 0 Å². The molecule has 178 valence electrons. The average Bonchev–Trinajstić information content (AvgIpc) is 3.66. The van der Waals surface area contributed by atoms with Gasteiger partial charge in [0.15, 0.2) is 0 Å². The highest BCUT2D eigenvalue weighted by Crippen LogP contribution is 2.33. The Morgan fingerprint density at radius 1 is 1.45 bits per heavy atom. The van der Waals surface area contributed by atoms with Gasteiger partial charge in [-0.2, -0.15) is 0 Å². The van der Waals surface area contributed by atoms with Crippen molar-refractivity contribution >= 4 is 41.5 Å². The summed E-state index contributed by atoms with van der Waals surface area (Å²) < 4.78 is 3.86. The molecule has 1 aliphatic heterocycles. The molecule has 2 atom stereocenters. The molecular weight excluding hydrogens is 440 g/mol. The number of halogens is 1. The Bertz CT molecular complexity index is 936. The Morgan fingerprint density at radius 2 is 2.18 bits per heavy atom. The van der Waals surface area contributed by atoms with Crippen LogP contribution in [0.5, 0.6) is 0 Å². The van der Waals surface area contributed by atoms with Crippen LogP contribution in [0, 0.1) is 5.92 Å². The Kier molecular flexibility index (Phi) is 11.0. The molecule has 0 spiro atoms. The Labute approximate surface area is 201 Å². The highest BCUT2D eigenvalue weighted by atomic mass is 35.5. The second-order valence-corrected chi connectivity index (χ2v) is 8.17. The molecule has 0 amide bonds. The number of aliphatic hydroxyl groups excluding tert-OH is 1. The van der Waals surface area contributed by atoms with E-state index in [0.717, 1.165) is 54.2 Å². The molecule has 0 bridgehead atoms. The maximum atomic E-state index is 10.3. The summed E-state index contributed by atoms with van der Waals surface area (Å²) in [6.45, 7) is 8.59. The average molecular weight is 473 g/mol. The second kappa shape index (κ2) is 13.7. The highest BCUT2D eigenvalue weighted by Gasteiger charge is 2.30. The molecule has 8 heteroatoms. The Hall–Kier alpha value is -2.77. The van der Waals surface area contributed by atoms with Gasteiger partial charge in [0.25, 0.3) is 6.47 Å². The molecule has 1 aromatic carbocycles. The van der Waals surface area contributed by atoms with Crippen LogP contribution in [0.3, 0.4) is 0 Å². The summed E-state index contributed by atoms with van der Waals surface area (Å²) in [5.74, 6) is 1.17. The van der Waals surface area contributed by atoms with E-state index in [1.165, 1.54) is 7.11 Å². The predicted molar refractivity (Wildman–Crippen MR) is 137 cm³/mol. The van der Waals surface area contributed by atoms with Crippen LogP contribution >= 0.6 is 11.6 Å². The monoisotopic (exact) mass is 472 g/mol. The molecule has 33 heavy (non-hydrogen) atoms. The van der Waals surface area contributed by atoms with Crippen LogP contribution in [0.1, 0.15) is 45.1 Å². The van der Waals surface area contributed by atoms with Gasteiger partial charge in [-0.3, -0.25) is 19.8 Å². The lowest BCUT2D eigenvalue weighted by Gasteiger charge is -2.16. The van der Waals surface area contributed by atoms with Crippen LogP contribution in [0.2, 0.25) is 5.02 Å².